The van der Waals surface area contributed by atoms with E-state index in [1.807, 2.05) is 14.0 Å². The highest BCUT2D eigenvalue weighted by Gasteiger charge is 1.80. The van der Waals surface area contributed by atoms with E-state index in [-0.39, 0.29) is 0 Å². The summed E-state index contributed by atoms with van der Waals surface area (Å²) in [6.45, 7) is 2.43. The molecule has 0 bridgehead atoms. The van der Waals surface area contributed by atoms with Crippen molar-refractivity contribution in [3.05, 3.63) is 0 Å². The molecule has 2 nitrogen and oxygen atoms in total. The van der Waals surface area contributed by atoms with Crippen LogP contribution >= 0.6 is 0 Å². The zero-order valence-electron chi connectivity index (χ0n) is 5.26. The van der Waals surface area contributed by atoms with Gasteiger partial charge in [-0.05, 0) is 6.92 Å². The van der Waals surface area contributed by atoms with Crippen LogP contribution in [-0.4, -0.2) is 24.8 Å². The molecule has 0 saturated carbocycles. The number of hydrogen-bond donors (Lipinski definition) is 0. The Kier molecular flexibility index (Phi) is 3.69. The summed E-state index contributed by atoms with van der Waals surface area (Å²) in [5.41, 5.74) is 0. The maximum Gasteiger partial charge on any atom is 0.0962 e. The fourth-order valence-electron chi connectivity index (χ4n) is 0.370. The predicted molar refractivity (Wildman–Crippen MR) is 35.6 cm³/mol. The van der Waals surface area contributed by atoms with Crippen LogP contribution in [0.25, 0.3) is 0 Å². The van der Waals surface area contributed by atoms with Gasteiger partial charge in [-0.2, -0.15) is 5.10 Å². The van der Waals surface area contributed by atoms with Gasteiger partial charge in [-0.1, -0.05) is 5.92 Å². The lowest BCUT2D eigenvalue weighted by atomic mass is 10.7. The van der Waals surface area contributed by atoms with Crippen molar-refractivity contribution in [1.29, 1.82) is 0 Å². The molecule has 0 unspecified atom stereocenters. The van der Waals surface area contributed by atoms with Gasteiger partial charge in [-0.15, -0.1) is 6.42 Å². The first-order valence-corrected chi connectivity index (χ1v) is 2.44. The first-order valence-electron chi connectivity index (χ1n) is 2.44. The molecule has 2 heteroatoms. The first kappa shape index (κ1) is 7.03. The molecule has 0 aromatic heterocycles. The SMILES string of the molecule is C#CCN(C)/N=C\C. The number of terminal acetylenes is 1. The van der Waals surface area contributed by atoms with E-state index in [0.717, 1.165) is 0 Å². The minimum absolute atomic E-state index is 0.574. The van der Waals surface area contributed by atoms with Crippen molar-refractivity contribution < 1.29 is 0 Å². The van der Waals surface area contributed by atoms with Crippen molar-refractivity contribution in [1.82, 2.24) is 5.01 Å². The van der Waals surface area contributed by atoms with Crippen LogP contribution in [0.3, 0.4) is 0 Å². The zero-order valence-corrected chi connectivity index (χ0v) is 5.26. The number of rotatable bonds is 2. The minimum atomic E-state index is 0.574. The Hall–Kier alpha value is -0.970. The predicted octanol–water partition coefficient (Wildman–Crippen LogP) is 0.557. The normalized spacial score (nSPS) is 9.12. The summed E-state index contributed by atoms with van der Waals surface area (Å²) in [5, 5.41) is 5.57. The molecule has 0 aromatic rings. The van der Waals surface area contributed by atoms with Crippen LogP contribution in [0, 0.1) is 12.3 Å². The third-order valence-corrected chi connectivity index (χ3v) is 0.633. The molecule has 44 valence electrons. The average molecular weight is 110 g/mol. The second-order valence-corrected chi connectivity index (χ2v) is 1.39. The molecule has 0 aromatic carbocycles. The van der Waals surface area contributed by atoms with Gasteiger partial charge >= 0.3 is 0 Å². The Morgan fingerprint density at radius 2 is 2.50 bits per heavy atom. The van der Waals surface area contributed by atoms with E-state index < -0.39 is 0 Å². The minimum Gasteiger partial charge on any atom is -0.288 e. The van der Waals surface area contributed by atoms with Crippen LogP contribution < -0.4 is 0 Å². The van der Waals surface area contributed by atoms with Gasteiger partial charge in [-0.25, -0.2) is 0 Å². The highest BCUT2D eigenvalue weighted by molar-refractivity contribution is 5.52. The van der Waals surface area contributed by atoms with E-state index in [0.29, 0.717) is 6.54 Å². The number of nitrogens with zero attached hydrogens (tertiary/aromatic N) is 2. The topological polar surface area (TPSA) is 15.6 Å². The molecule has 0 fully saturated rings. The summed E-state index contributed by atoms with van der Waals surface area (Å²) in [4.78, 5) is 0. The van der Waals surface area contributed by atoms with Gasteiger partial charge in [0.15, 0.2) is 0 Å². The van der Waals surface area contributed by atoms with Crippen molar-refractivity contribution in [3.8, 4) is 12.3 Å². The van der Waals surface area contributed by atoms with Gasteiger partial charge in [0.1, 0.15) is 0 Å². The Morgan fingerprint density at radius 3 is 2.88 bits per heavy atom. The molecule has 0 N–H and O–H groups in total. The molecule has 0 amide bonds. The van der Waals surface area contributed by atoms with Gasteiger partial charge in [0.05, 0.1) is 6.54 Å². The van der Waals surface area contributed by atoms with Crippen LogP contribution in [0.1, 0.15) is 6.92 Å². The van der Waals surface area contributed by atoms with Crippen LogP contribution in [-0.2, 0) is 0 Å². The van der Waals surface area contributed by atoms with E-state index in [4.69, 9.17) is 6.42 Å². The standard InChI is InChI=1S/C6H10N2/c1-4-6-8(3)7-5-2/h1,5H,6H2,2-3H3/b7-5-. The second-order valence-electron chi connectivity index (χ2n) is 1.39. The lowest BCUT2D eigenvalue weighted by Crippen LogP contribution is -2.09. The van der Waals surface area contributed by atoms with Crippen LogP contribution in [0.2, 0.25) is 0 Å². The lowest BCUT2D eigenvalue weighted by Gasteiger charge is -2.05. The third-order valence-electron chi connectivity index (χ3n) is 0.633. The highest BCUT2D eigenvalue weighted by atomic mass is 15.4. The van der Waals surface area contributed by atoms with Crippen LogP contribution in [0.4, 0.5) is 0 Å². The molecule has 0 spiro atoms. The zero-order chi connectivity index (χ0) is 6.41. The van der Waals surface area contributed by atoms with Crippen molar-refractivity contribution >= 4 is 6.21 Å². The summed E-state index contributed by atoms with van der Waals surface area (Å²) < 4.78 is 0. The van der Waals surface area contributed by atoms with E-state index in [9.17, 15) is 0 Å². The number of hydrogen-bond acceptors (Lipinski definition) is 2. The molecule has 0 rings (SSSR count). The Labute approximate surface area is 50.2 Å². The Morgan fingerprint density at radius 1 is 1.88 bits per heavy atom. The van der Waals surface area contributed by atoms with E-state index in [1.54, 1.807) is 11.2 Å². The van der Waals surface area contributed by atoms with Crippen LogP contribution in [0.15, 0.2) is 5.10 Å². The summed E-state index contributed by atoms with van der Waals surface area (Å²) >= 11 is 0. The van der Waals surface area contributed by atoms with E-state index in [2.05, 4.69) is 11.0 Å². The van der Waals surface area contributed by atoms with Crippen molar-refractivity contribution in [3.63, 3.8) is 0 Å². The van der Waals surface area contributed by atoms with Crippen molar-refractivity contribution in [2.45, 2.75) is 6.92 Å². The van der Waals surface area contributed by atoms with Gasteiger partial charge < -0.3 is 0 Å². The second kappa shape index (κ2) is 4.20. The van der Waals surface area contributed by atoms with Gasteiger partial charge in [-0.3, -0.25) is 5.01 Å². The summed E-state index contributed by atoms with van der Waals surface area (Å²) in [7, 11) is 1.83. The molecule has 0 radical (unpaired) electrons. The fraction of sp³-hybridized carbons (Fsp3) is 0.500. The third kappa shape index (κ3) is 3.23. The molecular formula is C6H10N2. The quantitative estimate of drug-likeness (QED) is 0.288. The van der Waals surface area contributed by atoms with Crippen molar-refractivity contribution in [2.24, 2.45) is 5.10 Å². The summed E-state index contributed by atoms with van der Waals surface area (Å²) in [6.07, 6.45) is 6.70. The molecule has 0 aliphatic carbocycles. The monoisotopic (exact) mass is 110 g/mol. The maximum atomic E-state index is 4.99. The summed E-state index contributed by atoms with van der Waals surface area (Å²) in [5.74, 6) is 2.46. The molecule has 8 heavy (non-hydrogen) atoms. The highest BCUT2D eigenvalue weighted by Crippen LogP contribution is 1.76. The maximum absolute atomic E-state index is 4.99. The molecular weight excluding hydrogens is 100 g/mol. The van der Waals surface area contributed by atoms with Crippen molar-refractivity contribution in [2.75, 3.05) is 13.6 Å². The molecule has 0 saturated heterocycles. The van der Waals surface area contributed by atoms with Crippen LogP contribution in [0.5, 0.6) is 0 Å². The van der Waals surface area contributed by atoms with Gasteiger partial charge in [0.2, 0.25) is 0 Å². The van der Waals surface area contributed by atoms with Gasteiger partial charge in [0, 0.05) is 13.3 Å². The molecule has 0 aliphatic heterocycles. The average Bonchev–Trinajstić information content (AvgIpc) is 1.68. The van der Waals surface area contributed by atoms with E-state index >= 15 is 0 Å². The molecule has 0 aliphatic rings. The number of hydrazone groups is 1. The van der Waals surface area contributed by atoms with Gasteiger partial charge in [0.25, 0.3) is 0 Å². The molecule has 0 atom stereocenters. The largest absolute Gasteiger partial charge is 0.288 e. The fourth-order valence-corrected chi connectivity index (χ4v) is 0.370. The Bertz CT molecular complexity index is 110. The lowest BCUT2D eigenvalue weighted by molar-refractivity contribution is 0.403. The summed E-state index contributed by atoms with van der Waals surface area (Å²) in [6, 6.07) is 0. The molecule has 0 heterocycles. The van der Waals surface area contributed by atoms with E-state index in [1.165, 1.54) is 0 Å². The first-order chi connectivity index (χ1) is 3.81. The smallest absolute Gasteiger partial charge is 0.0962 e. The Balaban J connectivity index is 3.36.